The molecule has 0 amide bonds. The fraction of sp³-hybridized carbons (Fsp3) is 0.688. The number of hydrogen-bond acceptors (Lipinski definition) is 3. The number of aromatic nitrogens is 1. The molecule has 0 aromatic carbocycles. The molecule has 0 spiro atoms. The molecule has 3 nitrogen and oxygen atoms in total. The van der Waals surface area contributed by atoms with Crippen molar-refractivity contribution in [1.29, 1.82) is 0 Å². The number of nitrogens with zero attached hydrogens (tertiary/aromatic N) is 2. The summed E-state index contributed by atoms with van der Waals surface area (Å²) in [5.41, 5.74) is 2.38. The molecule has 1 heterocycles. The largest absolute Gasteiger partial charge is 0.368 e. The Morgan fingerprint density at radius 2 is 1.89 bits per heavy atom. The van der Waals surface area contributed by atoms with Crippen LogP contribution in [-0.2, 0) is 0 Å². The highest BCUT2D eigenvalue weighted by Crippen LogP contribution is 2.20. The highest BCUT2D eigenvalue weighted by atomic mass is 15.2. The van der Waals surface area contributed by atoms with Crippen LogP contribution in [0, 0.1) is 0 Å². The van der Waals surface area contributed by atoms with Crippen molar-refractivity contribution in [1.82, 2.24) is 10.3 Å². The second kappa shape index (κ2) is 8.16. The molecule has 108 valence electrons. The maximum absolute atomic E-state index is 4.65. The van der Waals surface area contributed by atoms with Crippen molar-refractivity contribution in [3.05, 3.63) is 24.0 Å². The average Bonchev–Trinajstić information content (AvgIpc) is 2.46. The van der Waals surface area contributed by atoms with Crippen molar-refractivity contribution in [3.8, 4) is 0 Å². The second-order valence-electron chi connectivity index (χ2n) is 5.00. The fourth-order valence-corrected chi connectivity index (χ4v) is 2.45. The monoisotopic (exact) mass is 263 g/mol. The molecule has 1 aromatic rings. The minimum atomic E-state index is 0.373. The first-order valence-corrected chi connectivity index (χ1v) is 7.63. The summed E-state index contributed by atoms with van der Waals surface area (Å²) in [5.74, 6) is 0. The van der Waals surface area contributed by atoms with Crippen LogP contribution in [0.15, 0.2) is 18.3 Å². The van der Waals surface area contributed by atoms with Gasteiger partial charge in [-0.05, 0) is 45.4 Å². The van der Waals surface area contributed by atoms with Gasteiger partial charge in [-0.2, -0.15) is 0 Å². The van der Waals surface area contributed by atoms with E-state index in [0.717, 1.165) is 31.6 Å². The van der Waals surface area contributed by atoms with Gasteiger partial charge in [0.25, 0.3) is 0 Å². The van der Waals surface area contributed by atoms with E-state index in [0.29, 0.717) is 12.1 Å². The van der Waals surface area contributed by atoms with Crippen molar-refractivity contribution < 1.29 is 0 Å². The third-order valence-corrected chi connectivity index (χ3v) is 3.78. The van der Waals surface area contributed by atoms with E-state index in [9.17, 15) is 0 Å². The molecule has 2 unspecified atom stereocenters. The smallest absolute Gasteiger partial charge is 0.0574 e. The van der Waals surface area contributed by atoms with Gasteiger partial charge in [-0.3, -0.25) is 4.98 Å². The zero-order valence-electron chi connectivity index (χ0n) is 13.1. The van der Waals surface area contributed by atoms with Gasteiger partial charge in [-0.15, -0.1) is 0 Å². The van der Waals surface area contributed by atoms with Gasteiger partial charge >= 0.3 is 0 Å². The van der Waals surface area contributed by atoms with Gasteiger partial charge in [0.1, 0.15) is 0 Å². The maximum Gasteiger partial charge on any atom is 0.0574 e. The summed E-state index contributed by atoms with van der Waals surface area (Å²) in [4.78, 5) is 7.06. The standard InChI is InChI=1S/C16H29N3/c1-6-13(5)19(9-4)14-10-11-16(18-12-14)15(7-2)17-8-3/h10-13,15,17H,6-9H2,1-5H3. The molecule has 0 saturated carbocycles. The van der Waals surface area contributed by atoms with E-state index in [-0.39, 0.29) is 0 Å². The quantitative estimate of drug-likeness (QED) is 0.774. The zero-order chi connectivity index (χ0) is 14.3. The SMILES string of the molecule is CCNC(CC)c1ccc(N(CC)C(C)CC)cn1. The first-order valence-electron chi connectivity index (χ1n) is 7.63. The number of pyridine rings is 1. The molecule has 0 fully saturated rings. The summed E-state index contributed by atoms with van der Waals surface area (Å²) >= 11 is 0. The maximum atomic E-state index is 4.65. The number of rotatable bonds is 8. The lowest BCUT2D eigenvalue weighted by atomic mass is 10.1. The molecule has 0 aliphatic heterocycles. The van der Waals surface area contributed by atoms with Crippen molar-refractivity contribution in [2.75, 3.05) is 18.0 Å². The van der Waals surface area contributed by atoms with Gasteiger partial charge in [0, 0.05) is 18.6 Å². The predicted octanol–water partition coefficient (Wildman–Crippen LogP) is 3.77. The van der Waals surface area contributed by atoms with E-state index in [1.807, 2.05) is 6.20 Å². The Balaban J connectivity index is 2.85. The topological polar surface area (TPSA) is 28.2 Å². The summed E-state index contributed by atoms with van der Waals surface area (Å²) in [5, 5.41) is 3.47. The van der Waals surface area contributed by atoms with Crippen LogP contribution in [0.1, 0.15) is 59.2 Å². The lowest BCUT2D eigenvalue weighted by Gasteiger charge is -2.29. The highest BCUT2D eigenvalue weighted by Gasteiger charge is 2.13. The summed E-state index contributed by atoms with van der Waals surface area (Å²) in [6, 6.07) is 5.31. The van der Waals surface area contributed by atoms with Gasteiger partial charge in [-0.25, -0.2) is 0 Å². The lowest BCUT2D eigenvalue weighted by Crippen LogP contribution is -2.32. The van der Waals surface area contributed by atoms with Crippen molar-refractivity contribution >= 4 is 5.69 Å². The van der Waals surface area contributed by atoms with Gasteiger partial charge in [0.15, 0.2) is 0 Å². The minimum Gasteiger partial charge on any atom is -0.368 e. The summed E-state index contributed by atoms with van der Waals surface area (Å²) in [6.07, 6.45) is 4.25. The molecule has 19 heavy (non-hydrogen) atoms. The molecule has 0 aliphatic carbocycles. The fourth-order valence-electron chi connectivity index (χ4n) is 2.45. The number of anilines is 1. The Kier molecular flexibility index (Phi) is 6.85. The van der Waals surface area contributed by atoms with Crippen molar-refractivity contribution in [3.63, 3.8) is 0 Å². The van der Waals surface area contributed by atoms with E-state index >= 15 is 0 Å². The van der Waals surface area contributed by atoms with E-state index in [2.05, 4.69) is 62.0 Å². The molecule has 0 bridgehead atoms. The van der Waals surface area contributed by atoms with Gasteiger partial charge in [-0.1, -0.05) is 20.8 Å². The van der Waals surface area contributed by atoms with Crippen LogP contribution in [0.4, 0.5) is 5.69 Å². The van der Waals surface area contributed by atoms with Gasteiger partial charge in [0.05, 0.1) is 17.6 Å². The van der Waals surface area contributed by atoms with E-state index < -0.39 is 0 Å². The predicted molar refractivity (Wildman–Crippen MR) is 83.7 cm³/mol. The number of nitrogens with one attached hydrogen (secondary N) is 1. The van der Waals surface area contributed by atoms with Crippen LogP contribution in [-0.4, -0.2) is 24.1 Å². The van der Waals surface area contributed by atoms with Gasteiger partial charge < -0.3 is 10.2 Å². The van der Waals surface area contributed by atoms with Crippen molar-refractivity contribution in [2.24, 2.45) is 0 Å². The average molecular weight is 263 g/mol. The third kappa shape index (κ3) is 4.20. The van der Waals surface area contributed by atoms with Crippen molar-refractivity contribution in [2.45, 2.75) is 59.5 Å². The molecule has 1 rings (SSSR count). The summed E-state index contributed by atoms with van der Waals surface area (Å²) in [6.45, 7) is 13.0. The molecular weight excluding hydrogens is 234 g/mol. The summed E-state index contributed by atoms with van der Waals surface area (Å²) < 4.78 is 0. The lowest BCUT2D eigenvalue weighted by molar-refractivity contribution is 0.524. The number of hydrogen-bond donors (Lipinski definition) is 1. The minimum absolute atomic E-state index is 0.373. The van der Waals surface area contributed by atoms with Crippen LogP contribution in [0.25, 0.3) is 0 Å². The molecule has 1 N–H and O–H groups in total. The highest BCUT2D eigenvalue weighted by molar-refractivity contribution is 5.45. The Hall–Kier alpha value is -1.09. The summed E-state index contributed by atoms with van der Waals surface area (Å²) in [7, 11) is 0. The third-order valence-electron chi connectivity index (χ3n) is 3.78. The molecular formula is C16H29N3. The van der Waals surface area contributed by atoms with E-state index in [1.165, 1.54) is 5.69 Å². The molecule has 0 aliphatic rings. The van der Waals surface area contributed by atoms with E-state index in [1.54, 1.807) is 0 Å². The molecule has 0 radical (unpaired) electrons. The Morgan fingerprint density at radius 1 is 1.16 bits per heavy atom. The van der Waals surface area contributed by atoms with Crippen LogP contribution in [0.3, 0.4) is 0 Å². The molecule has 1 aromatic heterocycles. The molecule has 2 atom stereocenters. The molecule has 3 heteroatoms. The first kappa shape index (κ1) is 16.0. The zero-order valence-corrected chi connectivity index (χ0v) is 13.1. The van der Waals surface area contributed by atoms with Crippen LogP contribution in [0.5, 0.6) is 0 Å². The first-order chi connectivity index (χ1) is 9.17. The Morgan fingerprint density at radius 3 is 2.32 bits per heavy atom. The Bertz CT molecular complexity index is 348. The van der Waals surface area contributed by atoms with Crippen LogP contribution < -0.4 is 10.2 Å². The van der Waals surface area contributed by atoms with Gasteiger partial charge in [0.2, 0.25) is 0 Å². The van der Waals surface area contributed by atoms with Crippen LogP contribution in [0.2, 0.25) is 0 Å². The van der Waals surface area contributed by atoms with E-state index in [4.69, 9.17) is 0 Å². The second-order valence-corrected chi connectivity index (χ2v) is 5.00. The normalized spacial score (nSPS) is 14.2. The molecule has 0 saturated heterocycles. The Labute approximate surface area is 118 Å². The van der Waals surface area contributed by atoms with Crippen LogP contribution >= 0.6 is 0 Å².